The van der Waals surface area contributed by atoms with E-state index >= 15 is 0 Å². The predicted octanol–water partition coefficient (Wildman–Crippen LogP) is 0.797. The first-order chi connectivity index (χ1) is 17.4. The van der Waals surface area contributed by atoms with Crippen molar-refractivity contribution in [2.45, 2.75) is 61.9 Å². The van der Waals surface area contributed by atoms with E-state index in [4.69, 9.17) is 5.73 Å². The number of nitrogens with zero attached hydrogens (tertiary/aromatic N) is 3. The summed E-state index contributed by atoms with van der Waals surface area (Å²) in [5.41, 5.74) is 15.0. The van der Waals surface area contributed by atoms with Gasteiger partial charge < -0.3 is 26.4 Å². The average molecular weight is 534 g/mol. The molecule has 4 N–H and O–H groups in total. The van der Waals surface area contributed by atoms with Gasteiger partial charge in [-0.15, -0.1) is 0 Å². The second-order valence-corrected chi connectivity index (χ2v) is 10.7. The number of amides is 2. The average Bonchev–Trinajstić information content (AvgIpc) is 3.03. The van der Waals surface area contributed by atoms with E-state index < -0.39 is 75.9 Å². The number of carbonyl (C=O) groups is 5. The number of non-ortho nitro benzene ring substituents is 1. The molecule has 2 saturated heterocycles. The quantitative estimate of drug-likeness (QED) is 0.232. The number of carboxylic acid groups (broad SMARTS) is 1. The lowest BCUT2D eigenvalue weighted by atomic mass is 9.81. The van der Waals surface area contributed by atoms with E-state index in [0.717, 1.165) is 0 Å². The maximum Gasteiger partial charge on any atom is 0.304 e. The van der Waals surface area contributed by atoms with Crippen LogP contribution in [0, 0.1) is 16.0 Å². The van der Waals surface area contributed by atoms with E-state index in [9.17, 15) is 44.7 Å². The number of carbonyl (C=O) groups excluding carboxylic acids is 4. The number of rotatable bonds is 9. The van der Waals surface area contributed by atoms with E-state index in [2.05, 4.69) is 5.32 Å². The summed E-state index contributed by atoms with van der Waals surface area (Å²) in [7, 11) is 0. The van der Waals surface area contributed by atoms with E-state index in [1.165, 1.54) is 36.0 Å². The summed E-state index contributed by atoms with van der Waals surface area (Å²) in [6.07, 6.45) is -1.02. The van der Waals surface area contributed by atoms with Crippen LogP contribution in [0.1, 0.15) is 38.2 Å². The lowest BCUT2D eigenvalue weighted by Gasteiger charge is -2.27. The molecular formula is C23H27N5O8S. The minimum atomic E-state index is -1.84. The molecule has 3 unspecified atom stereocenters. The Hall–Kier alpha value is -3.68. The van der Waals surface area contributed by atoms with Crippen LogP contribution in [0.25, 0.3) is 5.53 Å². The van der Waals surface area contributed by atoms with Crippen LogP contribution in [0.2, 0.25) is 0 Å². The second kappa shape index (κ2) is 11.2. The third-order valence-corrected chi connectivity index (χ3v) is 8.04. The largest absolute Gasteiger partial charge is 0.505 e. The summed E-state index contributed by atoms with van der Waals surface area (Å²) >= 11 is 1.32. The first-order valence-corrected chi connectivity index (χ1v) is 12.6. The van der Waals surface area contributed by atoms with Gasteiger partial charge >= 0.3 is 5.97 Å². The van der Waals surface area contributed by atoms with Gasteiger partial charge in [-0.2, -0.15) is 11.8 Å². The maximum absolute atomic E-state index is 13.5. The molecule has 37 heavy (non-hydrogen) atoms. The molecule has 2 amide bonds. The van der Waals surface area contributed by atoms with Crippen molar-refractivity contribution in [2.24, 2.45) is 11.7 Å². The number of aliphatic carboxylic acids is 1. The molecule has 13 nitrogen and oxygen atoms in total. The Labute approximate surface area is 215 Å². The number of nitro benzene ring substituents is 1. The molecule has 2 aliphatic rings. The zero-order valence-electron chi connectivity index (χ0n) is 20.0. The number of benzene rings is 1. The molecule has 2 heterocycles. The van der Waals surface area contributed by atoms with E-state index in [0.29, 0.717) is 22.4 Å². The van der Waals surface area contributed by atoms with Gasteiger partial charge in [-0.05, 0) is 24.7 Å². The van der Waals surface area contributed by atoms with Crippen LogP contribution in [-0.4, -0.2) is 72.7 Å². The van der Waals surface area contributed by atoms with Crippen molar-refractivity contribution in [1.82, 2.24) is 5.32 Å². The van der Waals surface area contributed by atoms with Gasteiger partial charge in [0.05, 0.1) is 23.0 Å². The molecular weight excluding hydrogens is 506 g/mol. The molecule has 5 atom stereocenters. The first kappa shape index (κ1) is 27.9. The molecule has 2 fully saturated rings. The maximum atomic E-state index is 13.5. The smallest absolute Gasteiger partial charge is 0.304 e. The molecule has 3 rings (SSSR count). The highest BCUT2D eigenvalue weighted by atomic mass is 32.2. The van der Waals surface area contributed by atoms with Crippen LogP contribution in [0.5, 0.6) is 0 Å². The Morgan fingerprint density at radius 3 is 2.54 bits per heavy atom. The first-order valence-electron chi connectivity index (χ1n) is 11.6. The number of hydrogen-bond acceptors (Lipinski definition) is 8. The molecule has 2 bridgehead atoms. The van der Waals surface area contributed by atoms with Gasteiger partial charge in [0.25, 0.3) is 5.69 Å². The van der Waals surface area contributed by atoms with Gasteiger partial charge in [0, 0.05) is 25.0 Å². The lowest BCUT2D eigenvalue weighted by molar-refractivity contribution is -0.620. The minimum Gasteiger partial charge on any atom is -0.505 e. The van der Waals surface area contributed by atoms with Crippen molar-refractivity contribution in [3.8, 4) is 0 Å². The number of primary amides is 1. The number of Topliss-reactive ketones (excluding diaryl/α,β-unsaturated/α-hetero) is 2. The molecule has 2 aliphatic heterocycles. The fourth-order valence-electron chi connectivity index (χ4n) is 4.91. The van der Waals surface area contributed by atoms with Crippen LogP contribution in [0.15, 0.2) is 24.3 Å². The molecule has 1 aromatic rings. The topological polar surface area (TPSA) is 212 Å². The van der Waals surface area contributed by atoms with Crippen molar-refractivity contribution in [1.29, 1.82) is 0 Å². The summed E-state index contributed by atoms with van der Waals surface area (Å²) in [4.78, 5) is 73.4. The normalized spacial score (nSPS) is 26.5. The number of thioether (sulfide) groups is 1. The van der Waals surface area contributed by atoms with Crippen molar-refractivity contribution in [3.63, 3.8) is 0 Å². The summed E-state index contributed by atoms with van der Waals surface area (Å²) in [6.45, 7) is 1.62. The minimum absolute atomic E-state index is 0.00103. The highest BCUT2D eigenvalue weighted by molar-refractivity contribution is 8.00. The Balaban J connectivity index is 1.85. The van der Waals surface area contributed by atoms with Gasteiger partial charge in [0.1, 0.15) is 12.0 Å². The van der Waals surface area contributed by atoms with Crippen molar-refractivity contribution >= 4 is 46.8 Å². The number of hydrogen-bond donors (Lipinski definition) is 3. The molecule has 14 heteroatoms. The molecule has 0 spiro atoms. The van der Waals surface area contributed by atoms with Crippen molar-refractivity contribution in [3.05, 3.63) is 45.5 Å². The predicted molar refractivity (Wildman–Crippen MR) is 130 cm³/mol. The van der Waals surface area contributed by atoms with Crippen LogP contribution >= 0.6 is 11.8 Å². The third-order valence-electron chi connectivity index (χ3n) is 6.79. The zero-order chi connectivity index (χ0) is 27.5. The van der Waals surface area contributed by atoms with Gasteiger partial charge in [-0.1, -0.05) is 12.1 Å². The van der Waals surface area contributed by atoms with E-state index in [1.54, 1.807) is 6.92 Å². The third kappa shape index (κ3) is 5.84. The number of nitrogens with one attached hydrogen (secondary N) is 1. The van der Waals surface area contributed by atoms with Crippen molar-refractivity contribution in [2.75, 3.05) is 5.75 Å². The van der Waals surface area contributed by atoms with Gasteiger partial charge in [-0.25, -0.2) is 0 Å². The zero-order valence-corrected chi connectivity index (χ0v) is 20.8. The lowest BCUT2D eigenvalue weighted by Crippen LogP contribution is -2.52. The van der Waals surface area contributed by atoms with Crippen LogP contribution < -0.4 is 11.1 Å². The van der Waals surface area contributed by atoms with Gasteiger partial charge in [0.15, 0.2) is 0 Å². The number of fused-ring (bicyclic) bond motifs is 2. The Morgan fingerprint density at radius 2 is 1.97 bits per heavy atom. The van der Waals surface area contributed by atoms with E-state index in [-0.39, 0.29) is 18.5 Å². The molecule has 198 valence electrons. The molecule has 0 aromatic heterocycles. The Bertz CT molecular complexity index is 1160. The standard InChI is InChI=1S/C23H27N5O8S/c1-12-20(32)19-15(10-18(30)31)21(33)23(27(19)25,7-2-8-37-12)11-17(29)26-16(22(24)34)9-13-3-5-14(6-4-13)28(35)36/h3-6,12,15-16,19H,2,7-11H2,1H3,(H2,24,34)(H,26,29)(H,30,31)/t12-,15+,16?,19?,23?/m1/s1. The van der Waals surface area contributed by atoms with E-state index in [1.807, 2.05) is 0 Å². The fraction of sp³-hybridized carbons (Fsp3) is 0.522. The summed E-state index contributed by atoms with van der Waals surface area (Å²) in [5.74, 6) is -5.08. The highest BCUT2D eigenvalue weighted by Gasteiger charge is 2.64. The molecule has 1 aromatic carbocycles. The Kier molecular flexibility index (Phi) is 8.41. The van der Waals surface area contributed by atoms with Crippen LogP contribution in [0.3, 0.4) is 0 Å². The summed E-state index contributed by atoms with van der Waals surface area (Å²) < 4.78 is 0.558. The fourth-order valence-corrected chi connectivity index (χ4v) is 5.88. The van der Waals surface area contributed by atoms with Gasteiger partial charge in [-0.3, -0.25) is 34.1 Å². The van der Waals surface area contributed by atoms with Crippen LogP contribution in [-0.2, 0) is 30.4 Å². The number of carboxylic acids is 1. The number of ketones is 2. The molecule has 0 saturated carbocycles. The highest BCUT2D eigenvalue weighted by Crippen LogP contribution is 2.42. The molecule has 0 aliphatic carbocycles. The number of nitro groups is 1. The monoisotopic (exact) mass is 533 g/mol. The summed E-state index contributed by atoms with van der Waals surface area (Å²) in [6, 6.07) is 2.67. The number of nitrogens with two attached hydrogens (primary N) is 1. The van der Waals surface area contributed by atoms with Crippen molar-refractivity contribution < 1.29 is 38.7 Å². The Morgan fingerprint density at radius 1 is 1.32 bits per heavy atom. The van der Waals surface area contributed by atoms with Gasteiger partial charge in [0.2, 0.25) is 35.0 Å². The SMILES string of the molecule is C[C@H]1SCCCC2(CC(=O)NC(Cc3ccc([N+](=O)[O-])cc3)C(N)=O)C(=O)[C@@H](CC(=O)O)C(C1=O)[N+]2=[N-]. The molecule has 0 radical (unpaired) electrons. The second-order valence-electron chi connectivity index (χ2n) is 9.24. The summed E-state index contributed by atoms with van der Waals surface area (Å²) in [5, 5.41) is 22.1. The van der Waals surface area contributed by atoms with Crippen LogP contribution in [0.4, 0.5) is 5.69 Å².